The van der Waals surface area contributed by atoms with Gasteiger partial charge in [-0.2, -0.15) is 5.10 Å². The van der Waals surface area contributed by atoms with Gasteiger partial charge in [-0.25, -0.2) is 14.5 Å². The van der Waals surface area contributed by atoms with Crippen molar-refractivity contribution in [2.75, 3.05) is 39.4 Å². The molecule has 43 heavy (non-hydrogen) atoms. The van der Waals surface area contributed by atoms with E-state index >= 15 is 0 Å². The van der Waals surface area contributed by atoms with Gasteiger partial charge < -0.3 is 29.8 Å². The molecule has 1 unspecified atom stereocenters. The van der Waals surface area contributed by atoms with Crippen LogP contribution >= 0.6 is 0 Å². The van der Waals surface area contributed by atoms with Crippen LogP contribution in [0.4, 0.5) is 5.69 Å². The monoisotopic (exact) mass is 585 g/mol. The number of aliphatic hydroxyl groups is 1. The summed E-state index contributed by atoms with van der Waals surface area (Å²) in [6.45, 7) is 2.06. The lowest BCUT2D eigenvalue weighted by molar-refractivity contribution is 0.0412. The molecule has 11 nitrogen and oxygen atoms in total. The third kappa shape index (κ3) is 6.38. The first-order chi connectivity index (χ1) is 21.0. The van der Waals surface area contributed by atoms with E-state index in [-0.39, 0.29) is 11.7 Å². The Labute approximate surface area is 250 Å². The molecule has 1 amide bonds. The van der Waals surface area contributed by atoms with E-state index in [9.17, 15) is 4.79 Å². The standard InChI is InChI=1S/C26H25N7O2.C5H10O.CH4O/c1-31(14-17-6-3-2-4-7-17)22-12-21(30-33-23(24(27)34)13-29-26(22)33)20-15-32(18-9-11-35-16-18)25-19(20)8-5-10-28-25;1-6-5-3-2-4-5;1-2/h2-8,10,12-13,15,18H,9,11,14,16H2,1H3,(H2,27,34);5H,2-4H2,1H3;2H,1H3. The average molecular weight is 586 g/mol. The van der Waals surface area contributed by atoms with E-state index in [0.29, 0.717) is 30.6 Å². The van der Waals surface area contributed by atoms with E-state index in [1.807, 2.05) is 43.4 Å². The molecule has 3 N–H and O–H groups in total. The molecule has 4 aromatic heterocycles. The second-order valence-corrected chi connectivity index (χ2v) is 10.6. The molecule has 226 valence electrons. The Morgan fingerprint density at radius 2 is 1.91 bits per heavy atom. The van der Waals surface area contributed by atoms with Crippen molar-refractivity contribution >= 4 is 28.3 Å². The molecule has 2 aliphatic rings. The number of imidazole rings is 1. The van der Waals surface area contributed by atoms with Crippen molar-refractivity contribution in [3.8, 4) is 11.3 Å². The van der Waals surface area contributed by atoms with Crippen LogP contribution in [0.15, 0.2) is 67.1 Å². The summed E-state index contributed by atoms with van der Waals surface area (Å²) in [7, 11) is 4.79. The van der Waals surface area contributed by atoms with Crippen molar-refractivity contribution in [2.24, 2.45) is 5.73 Å². The SMILES string of the molecule is CN(Cc1ccccc1)c1cc(-c2cn(C3CCOC3)c3ncccc23)nn2c(C(N)=O)cnc12.CO.COC1CCC1. The number of amides is 1. The van der Waals surface area contributed by atoms with E-state index in [1.165, 1.54) is 25.5 Å². The lowest BCUT2D eigenvalue weighted by atomic mass is 9.96. The van der Waals surface area contributed by atoms with Crippen molar-refractivity contribution in [3.63, 3.8) is 0 Å². The molecule has 1 aliphatic heterocycles. The molecule has 5 aromatic rings. The van der Waals surface area contributed by atoms with Crippen molar-refractivity contribution in [3.05, 3.63) is 78.4 Å². The van der Waals surface area contributed by atoms with E-state index < -0.39 is 5.91 Å². The number of ether oxygens (including phenoxy) is 2. The third-order valence-electron chi connectivity index (χ3n) is 7.92. The van der Waals surface area contributed by atoms with Gasteiger partial charge in [0.2, 0.25) is 0 Å². The Bertz CT molecular complexity index is 1650. The Balaban J connectivity index is 0.000000406. The number of aromatic nitrogens is 5. The van der Waals surface area contributed by atoms with Gasteiger partial charge in [-0.3, -0.25) is 4.79 Å². The van der Waals surface area contributed by atoms with Crippen LogP contribution in [0.2, 0.25) is 0 Å². The fourth-order valence-electron chi connectivity index (χ4n) is 5.39. The highest BCUT2D eigenvalue weighted by Gasteiger charge is 2.24. The summed E-state index contributed by atoms with van der Waals surface area (Å²) in [6.07, 6.45) is 10.9. The van der Waals surface area contributed by atoms with Crippen molar-refractivity contribution in [2.45, 2.75) is 44.4 Å². The second-order valence-electron chi connectivity index (χ2n) is 10.6. The Hall–Kier alpha value is -4.32. The van der Waals surface area contributed by atoms with E-state index in [1.54, 1.807) is 17.8 Å². The minimum atomic E-state index is -0.578. The quantitative estimate of drug-likeness (QED) is 0.290. The highest BCUT2D eigenvalue weighted by Crippen LogP contribution is 2.35. The molecule has 1 saturated carbocycles. The second kappa shape index (κ2) is 13.8. The minimum Gasteiger partial charge on any atom is -0.400 e. The fourth-order valence-corrected chi connectivity index (χ4v) is 5.39. The van der Waals surface area contributed by atoms with Gasteiger partial charge in [0.25, 0.3) is 5.91 Å². The topological polar surface area (TPSA) is 133 Å². The van der Waals surface area contributed by atoms with Crippen LogP contribution < -0.4 is 10.6 Å². The molecule has 1 atom stereocenters. The maximum Gasteiger partial charge on any atom is 0.269 e. The maximum atomic E-state index is 12.2. The van der Waals surface area contributed by atoms with E-state index in [0.717, 1.165) is 48.0 Å². The third-order valence-corrected chi connectivity index (χ3v) is 7.92. The number of aliphatic hydroxyl groups excluding tert-OH is 1. The number of methoxy groups -OCH3 is 1. The lowest BCUT2D eigenvalue weighted by Crippen LogP contribution is -2.19. The molecule has 7 rings (SSSR count). The van der Waals surface area contributed by atoms with Crippen molar-refractivity contribution < 1.29 is 19.4 Å². The highest BCUT2D eigenvalue weighted by molar-refractivity contribution is 5.95. The number of fused-ring (bicyclic) bond motifs is 2. The van der Waals surface area contributed by atoms with Crippen LogP contribution in [-0.4, -0.2) is 75.7 Å². The first-order valence-electron chi connectivity index (χ1n) is 14.5. The van der Waals surface area contributed by atoms with Gasteiger partial charge in [0.1, 0.15) is 11.3 Å². The maximum absolute atomic E-state index is 12.2. The number of carbonyl (C=O) groups is 1. The summed E-state index contributed by atoms with van der Waals surface area (Å²) in [5, 5.41) is 12.8. The number of nitrogens with zero attached hydrogens (tertiary/aromatic N) is 6. The number of anilines is 1. The Morgan fingerprint density at radius 3 is 2.53 bits per heavy atom. The minimum absolute atomic E-state index is 0.222. The zero-order chi connectivity index (χ0) is 30.3. The van der Waals surface area contributed by atoms with Gasteiger partial charge in [0.15, 0.2) is 5.65 Å². The summed E-state index contributed by atoms with van der Waals surface area (Å²) in [6, 6.07) is 16.4. The van der Waals surface area contributed by atoms with Crippen LogP contribution in [0.25, 0.3) is 27.9 Å². The summed E-state index contributed by atoms with van der Waals surface area (Å²) >= 11 is 0. The highest BCUT2D eigenvalue weighted by atomic mass is 16.5. The predicted molar refractivity (Wildman–Crippen MR) is 166 cm³/mol. The largest absolute Gasteiger partial charge is 0.400 e. The van der Waals surface area contributed by atoms with Crippen molar-refractivity contribution in [1.29, 1.82) is 0 Å². The molecule has 1 aromatic carbocycles. The molecule has 0 spiro atoms. The zero-order valence-electron chi connectivity index (χ0n) is 24.9. The predicted octanol–water partition coefficient (Wildman–Crippen LogP) is 4.24. The summed E-state index contributed by atoms with van der Waals surface area (Å²) in [5.41, 5.74) is 11.0. The van der Waals surface area contributed by atoms with Crippen LogP contribution in [0.3, 0.4) is 0 Å². The molecule has 1 aliphatic carbocycles. The van der Waals surface area contributed by atoms with Gasteiger partial charge in [-0.1, -0.05) is 30.3 Å². The number of rotatable bonds is 7. The Morgan fingerprint density at radius 1 is 1.12 bits per heavy atom. The smallest absolute Gasteiger partial charge is 0.269 e. The first-order valence-corrected chi connectivity index (χ1v) is 14.5. The molecule has 2 fully saturated rings. The van der Waals surface area contributed by atoms with E-state index in [2.05, 4.69) is 37.8 Å². The number of carbonyl (C=O) groups excluding carboxylic acids is 1. The number of primary amides is 1. The molecular formula is C32H39N7O4. The first kappa shape index (κ1) is 30.1. The van der Waals surface area contributed by atoms with Crippen LogP contribution in [0, 0.1) is 0 Å². The number of hydrogen-bond donors (Lipinski definition) is 2. The normalized spacial score (nSPS) is 16.2. The average Bonchev–Trinajstić information content (AvgIpc) is 3.77. The van der Waals surface area contributed by atoms with Gasteiger partial charge in [0, 0.05) is 57.8 Å². The Kier molecular flexibility index (Phi) is 9.65. The number of hydrogen-bond acceptors (Lipinski definition) is 8. The van der Waals surface area contributed by atoms with Gasteiger partial charge in [-0.05, 0) is 49.4 Å². The summed E-state index contributed by atoms with van der Waals surface area (Å²) in [4.78, 5) is 23.4. The van der Waals surface area contributed by atoms with Crippen LogP contribution in [0.5, 0.6) is 0 Å². The number of pyridine rings is 1. The van der Waals surface area contributed by atoms with Gasteiger partial charge in [-0.15, -0.1) is 0 Å². The van der Waals surface area contributed by atoms with Crippen LogP contribution in [-0.2, 0) is 16.0 Å². The van der Waals surface area contributed by atoms with Crippen molar-refractivity contribution in [1.82, 2.24) is 24.1 Å². The van der Waals surface area contributed by atoms with Gasteiger partial charge in [0.05, 0.1) is 36.3 Å². The van der Waals surface area contributed by atoms with Crippen LogP contribution in [0.1, 0.15) is 47.8 Å². The molecule has 1 saturated heterocycles. The number of nitrogens with two attached hydrogens (primary N) is 1. The lowest BCUT2D eigenvalue weighted by Gasteiger charge is -2.22. The molecule has 11 heteroatoms. The summed E-state index contributed by atoms with van der Waals surface area (Å²) < 4.78 is 14.4. The zero-order valence-corrected chi connectivity index (χ0v) is 24.9. The molecule has 0 radical (unpaired) electrons. The molecule has 0 bridgehead atoms. The molecule has 5 heterocycles. The fraction of sp³-hybridized carbons (Fsp3) is 0.375. The van der Waals surface area contributed by atoms with E-state index in [4.69, 9.17) is 25.4 Å². The molecular weight excluding hydrogens is 546 g/mol. The summed E-state index contributed by atoms with van der Waals surface area (Å²) in [5.74, 6) is -0.578. The number of benzene rings is 1. The van der Waals surface area contributed by atoms with Gasteiger partial charge >= 0.3 is 0 Å².